The van der Waals surface area contributed by atoms with Crippen LogP contribution in [0.15, 0.2) is 41.4 Å². The van der Waals surface area contributed by atoms with Crippen molar-refractivity contribution in [1.29, 1.82) is 0 Å². The van der Waals surface area contributed by atoms with Gasteiger partial charge in [-0.05, 0) is 24.6 Å². The van der Waals surface area contributed by atoms with Gasteiger partial charge < -0.3 is 15.0 Å². The highest BCUT2D eigenvalue weighted by molar-refractivity contribution is 9.10. The topological polar surface area (TPSA) is 95.9 Å². The number of ether oxygens (including phenoxy) is 1. The number of rotatable bonds is 5. The molecule has 0 unspecified atom stereocenters. The van der Waals surface area contributed by atoms with Crippen LogP contribution in [0.2, 0.25) is 0 Å². The highest BCUT2D eigenvalue weighted by Crippen LogP contribution is 2.15. The molecule has 0 atom stereocenters. The number of hydrogen-bond donors (Lipinski definition) is 1. The van der Waals surface area contributed by atoms with Gasteiger partial charge in [0.1, 0.15) is 11.8 Å². The second-order valence-electron chi connectivity index (χ2n) is 4.87. The number of benzene rings is 1. The SMILES string of the molecule is Nc1ncnc2c1ncn2CCCOC(=O)c1cccc(Br)c1. The van der Waals surface area contributed by atoms with E-state index >= 15 is 0 Å². The highest BCUT2D eigenvalue weighted by Gasteiger charge is 2.09. The molecular formula is C15H14BrN5O2. The molecule has 0 radical (unpaired) electrons. The monoisotopic (exact) mass is 375 g/mol. The second kappa shape index (κ2) is 6.74. The van der Waals surface area contributed by atoms with Crippen LogP contribution in [-0.4, -0.2) is 32.1 Å². The molecule has 8 heteroatoms. The van der Waals surface area contributed by atoms with E-state index in [1.165, 1.54) is 6.33 Å². The van der Waals surface area contributed by atoms with Crippen LogP contribution in [-0.2, 0) is 11.3 Å². The summed E-state index contributed by atoms with van der Waals surface area (Å²) in [7, 11) is 0. The van der Waals surface area contributed by atoms with Crippen molar-refractivity contribution >= 4 is 38.9 Å². The first-order valence-corrected chi connectivity index (χ1v) is 7.78. The normalized spacial score (nSPS) is 10.8. The van der Waals surface area contributed by atoms with E-state index in [1.807, 2.05) is 10.6 Å². The number of aryl methyl sites for hydroxylation is 1. The number of carbonyl (C=O) groups excluding carboxylic acids is 1. The van der Waals surface area contributed by atoms with Crippen LogP contribution in [0.1, 0.15) is 16.8 Å². The third-order valence-electron chi connectivity index (χ3n) is 3.27. The first kappa shape index (κ1) is 15.4. The van der Waals surface area contributed by atoms with Gasteiger partial charge in [0.25, 0.3) is 0 Å². The molecule has 23 heavy (non-hydrogen) atoms. The molecule has 3 aromatic rings. The average Bonchev–Trinajstić information content (AvgIpc) is 2.96. The van der Waals surface area contributed by atoms with Crippen molar-refractivity contribution in [3.05, 3.63) is 47.0 Å². The third-order valence-corrected chi connectivity index (χ3v) is 3.76. The Labute approximate surface area is 140 Å². The third kappa shape index (κ3) is 3.48. The molecule has 1 aromatic carbocycles. The van der Waals surface area contributed by atoms with E-state index < -0.39 is 0 Å². The Kier molecular flexibility index (Phi) is 4.52. The van der Waals surface area contributed by atoms with E-state index in [2.05, 4.69) is 30.9 Å². The fraction of sp³-hybridized carbons (Fsp3) is 0.200. The van der Waals surface area contributed by atoms with Crippen molar-refractivity contribution in [3.63, 3.8) is 0 Å². The molecule has 0 saturated heterocycles. The van der Waals surface area contributed by atoms with Crippen LogP contribution in [0.3, 0.4) is 0 Å². The molecule has 0 bridgehead atoms. The molecule has 0 spiro atoms. The summed E-state index contributed by atoms with van der Waals surface area (Å²) in [5.41, 5.74) is 7.52. The molecule has 2 N–H and O–H groups in total. The van der Waals surface area contributed by atoms with Gasteiger partial charge in [0.15, 0.2) is 11.5 Å². The number of halogens is 1. The lowest BCUT2D eigenvalue weighted by atomic mass is 10.2. The van der Waals surface area contributed by atoms with Crippen molar-refractivity contribution in [3.8, 4) is 0 Å². The van der Waals surface area contributed by atoms with Crippen molar-refractivity contribution in [2.45, 2.75) is 13.0 Å². The smallest absolute Gasteiger partial charge is 0.338 e. The summed E-state index contributed by atoms with van der Waals surface area (Å²) in [4.78, 5) is 24.2. The van der Waals surface area contributed by atoms with Gasteiger partial charge in [0.2, 0.25) is 0 Å². The van der Waals surface area contributed by atoms with Crippen LogP contribution >= 0.6 is 15.9 Å². The fourth-order valence-corrected chi connectivity index (χ4v) is 2.56. The maximum Gasteiger partial charge on any atom is 0.338 e. The fourth-order valence-electron chi connectivity index (χ4n) is 2.16. The molecule has 7 nitrogen and oxygen atoms in total. The largest absolute Gasteiger partial charge is 0.462 e. The molecular weight excluding hydrogens is 362 g/mol. The van der Waals surface area contributed by atoms with Crippen LogP contribution in [0.25, 0.3) is 11.2 Å². The van der Waals surface area contributed by atoms with Crippen molar-refractivity contribution in [2.24, 2.45) is 0 Å². The predicted octanol–water partition coefficient (Wildman–Crippen LogP) is 2.42. The highest BCUT2D eigenvalue weighted by atomic mass is 79.9. The number of carbonyl (C=O) groups is 1. The molecule has 118 valence electrons. The second-order valence-corrected chi connectivity index (χ2v) is 5.78. The van der Waals surface area contributed by atoms with E-state index in [4.69, 9.17) is 10.5 Å². The number of hydrogen-bond acceptors (Lipinski definition) is 6. The van der Waals surface area contributed by atoms with Crippen molar-refractivity contribution in [2.75, 3.05) is 12.3 Å². The maximum absolute atomic E-state index is 11.9. The molecule has 0 fully saturated rings. The zero-order valence-electron chi connectivity index (χ0n) is 12.1. The zero-order valence-corrected chi connectivity index (χ0v) is 13.7. The van der Waals surface area contributed by atoms with Gasteiger partial charge in [0.05, 0.1) is 18.5 Å². The van der Waals surface area contributed by atoms with Gasteiger partial charge in [-0.2, -0.15) is 0 Å². The number of imidazole rings is 1. The van der Waals surface area contributed by atoms with Gasteiger partial charge in [-0.15, -0.1) is 0 Å². The Morgan fingerprint density at radius 2 is 2.17 bits per heavy atom. The molecule has 0 saturated carbocycles. The number of nitrogen functional groups attached to an aromatic ring is 1. The minimum atomic E-state index is -0.339. The Morgan fingerprint density at radius 3 is 3.00 bits per heavy atom. The molecule has 0 aliphatic carbocycles. The minimum absolute atomic E-state index is 0.311. The van der Waals surface area contributed by atoms with E-state index in [0.29, 0.717) is 42.1 Å². The standard InChI is InChI=1S/C15H14BrN5O2/c16-11-4-1-3-10(7-11)15(22)23-6-2-5-21-9-20-12-13(17)18-8-19-14(12)21/h1,3-4,7-9H,2,5-6H2,(H2,17,18,19). The summed E-state index contributed by atoms with van der Waals surface area (Å²) in [5, 5.41) is 0. The maximum atomic E-state index is 11.9. The minimum Gasteiger partial charge on any atom is -0.462 e. The number of nitrogens with zero attached hydrogens (tertiary/aromatic N) is 4. The number of aromatic nitrogens is 4. The summed E-state index contributed by atoms with van der Waals surface area (Å²) in [6.07, 6.45) is 3.71. The lowest BCUT2D eigenvalue weighted by molar-refractivity contribution is 0.0496. The summed E-state index contributed by atoms with van der Waals surface area (Å²) in [5.74, 6) is 0.0168. The Hall–Kier alpha value is -2.48. The molecule has 0 aliphatic rings. The van der Waals surface area contributed by atoms with Crippen molar-refractivity contribution in [1.82, 2.24) is 19.5 Å². The summed E-state index contributed by atoms with van der Waals surface area (Å²) in [6.45, 7) is 0.935. The number of fused-ring (bicyclic) bond motifs is 1. The first-order valence-electron chi connectivity index (χ1n) is 6.99. The first-order chi connectivity index (χ1) is 11.1. The summed E-state index contributed by atoms with van der Waals surface area (Å²) >= 11 is 3.33. The van der Waals surface area contributed by atoms with Crippen LogP contribution in [0, 0.1) is 0 Å². The van der Waals surface area contributed by atoms with Crippen LogP contribution in [0.4, 0.5) is 5.82 Å². The molecule has 2 heterocycles. The molecule has 0 aliphatic heterocycles. The Morgan fingerprint density at radius 1 is 1.30 bits per heavy atom. The lowest BCUT2D eigenvalue weighted by Crippen LogP contribution is -2.09. The van der Waals surface area contributed by atoms with E-state index in [1.54, 1.807) is 24.5 Å². The number of esters is 1. The van der Waals surface area contributed by atoms with Gasteiger partial charge >= 0.3 is 5.97 Å². The van der Waals surface area contributed by atoms with E-state index in [0.717, 1.165) is 4.47 Å². The van der Waals surface area contributed by atoms with Gasteiger partial charge in [-0.25, -0.2) is 19.7 Å². The Balaban J connectivity index is 1.55. The molecule has 2 aromatic heterocycles. The van der Waals surface area contributed by atoms with Crippen LogP contribution in [0.5, 0.6) is 0 Å². The average molecular weight is 376 g/mol. The molecule has 0 amide bonds. The lowest BCUT2D eigenvalue weighted by Gasteiger charge is -2.06. The predicted molar refractivity (Wildman–Crippen MR) is 88.8 cm³/mol. The van der Waals surface area contributed by atoms with Gasteiger partial charge in [-0.3, -0.25) is 0 Å². The van der Waals surface area contributed by atoms with E-state index in [-0.39, 0.29) is 5.97 Å². The quantitative estimate of drug-likeness (QED) is 0.543. The number of anilines is 1. The van der Waals surface area contributed by atoms with Gasteiger partial charge in [-0.1, -0.05) is 22.0 Å². The summed E-state index contributed by atoms with van der Waals surface area (Å²) < 4.78 is 7.97. The van der Waals surface area contributed by atoms with Gasteiger partial charge in [0, 0.05) is 11.0 Å². The zero-order chi connectivity index (χ0) is 16.2. The van der Waals surface area contributed by atoms with Crippen LogP contribution < -0.4 is 5.73 Å². The Bertz CT molecular complexity index is 849. The van der Waals surface area contributed by atoms with E-state index in [9.17, 15) is 4.79 Å². The number of nitrogens with two attached hydrogens (primary N) is 1. The summed E-state index contributed by atoms with van der Waals surface area (Å²) in [6, 6.07) is 7.10. The molecule has 3 rings (SSSR count). The van der Waals surface area contributed by atoms with Crippen molar-refractivity contribution < 1.29 is 9.53 Å².